The number of ether oxygens (including phenoxy) is 2. The van der Waals surface area contributed by atoms with Gasteiger partial charge in [-0.3, -0.25) is 14.8 Å². The van der Waals surface area contributed by atoms with Crippen LogP contribution in [0.1, 0.15) is 41.7 Å². The third kappa shape index (κ3) is 4.87. The number of hydrogen-bond acceptors (Lipinski definition) is 8. The molecule has 1 saturated heterocycles. The average molecular weight is 457 g/mol. The second-order valence-electron chi connectivity index (χ2n) is 8.31. The monoisotopic (exact) mass is 456 g/mol. The largest absolute Gasteiger partial charge is 0.488 e. The van der Waals surface area contributed by atoms with E-state index in [0.717, 1.165) is 54.1 Å². The molecule has 0 N–H and O–H groups in total. The summed E-state index contributed by atoms with van der Waals surface area (Å²) >= 11 is 0. The Hall–Kier alpha value is -3.90. The molecule has 1 aromatic carbocycles. The lowest BCUT2D eigenvalue weighted by atomic mass is 9.95. The van der Waals surface area contributed by atoms with Crippen molar-refractivity contribution in [1.29, 1.82) is 5.26 Å². The molecule has 9 nitrogen and oxygen atoms in total. The molecule has 0 radical (unpaired) electrons. The van der Waals surface area contributed by atoms with Gasteiger partial charge < -0.3 is 14.4 Å². The first kappa shape index (κ1) is 21.9. The molecule has 9 heteroatoms. The number of fused-ring (bicyclic) bond motifs is 1. The maximum Gasteiger partial charge on any atom is 0.295 e. The van der Waals surface area contributed by atoms with Crippen LogP contribution in [-0.4, -0.2) is 59.0 Å². The number of nitriles is 1. The van der Waals surface area contributed by atoms with E-state index >= 15 is 0 Å². The third-order valence-electron chi connectivity index (χ3n) is 6.07. The average Bonchev–Trinajstić information content (AvgIpc) is 2.90. The second-order valence-corrected chi connectivity index (χ2v) is 8.31. The SMILES string of the molecule is N#Cc1ccnc(C(=O)N=C2CCC(Oc3cc(N4CCOCC4)cc4nccnc34)CC2)c1. The first-order valence-corrected chi connectivity index (χ1v) is 11.4. The Balaban J connectivity index is 1.29. The zero-order valence-corrected chi connectivity index (χ0v) is 18.7. The summed E-state index contributed by atoms with van der Waals surface area (Å²) in [6.07, 6.45) is 7.66. The van der Waals surface area contributed by atoms with Crippen LogP contribution in [0.3, 0.4) is 0 Å². The maximum absolute atomic E-state index is 12.5. The molecule has 5 rings (SSSR count). The predicted octanol–water partition coefficient (Wildman–Crippen LogP) is 3.34. The van der Waals surface area contributed by atoms with Gasteiger partial charge in [-0.25, -0.2) is 9.98 Å². The van der Waals surface area contributed by atoms with Crippen LogP contribution < -0.4 is 9.64 Å². The number of rotatable bonds is 4. The fraction of sp³-hybridized carbons (Fsp3) is 0.360. The van der Waals surface area contributed by atoms with Gasteiger partial charge in [0.2, 0.25) is 0 Å². The smallest absolute Gasteiger partial charge is 0.295 e. The van der Waals surface area contributed by atoms with Crippen LogP contribution in [-0.2, 0) is 4.74 Å². The molecule has 2 aliphatic rings. The zero-order valence-electron chi connectivity index (χ0n) is 18.7. The molecule has 1 saturated carbocycles. The Labute approximate surface area is 197 Å². The summed E-state index contributed by atoms with van der Waals surface area (Å²) in [6.45, 7) is 3.06. The van der Waals surface area contributed by atoms with Crippen molar-refractivity contribution in [3.05, 3.63) is 54.1 Å². The van der Waals surface area contributed by atoms with Crippen LogP contribution >= 0.6 is 0 Å². The summed E-state index contributed by atoms with van der Waals surface area (Å²) in [7, 11) is 0. The van der Waals surface area contributed by atoms with E-state index in [1.165, 1.54) is 12.3 Å². The Bertz CT molecular complexity index is 1270. The number of aliphatic imine (C=N–C) groups is 1. The molecule has 2 aromatic heterocycles. The van der Waals surface area contributed by atoms with Gasteiger partial charge in [0.05, 0.1) is 36.5 Å². The van der Waals surface area contributed by atoms with Crippen LogP contribution in [0.2, 0.25) is 0 Å². The van der Waals surface area contributed by atoms with E-state index in [1.807, 2.05) is 18.2 Å². The normalized spacial score (nSPS) is 18.4. The molecule has 0 unspecified atom stereocenters. The second kappa shape index (κ2) is 9.93. The number of carbonyl (C=O) groups excluding carboxylic acids is 1. The fourth-order valence-corrected chi connectivity index (χ4v) is 4.27. The first-order chi connectivity index (χ1) is 16.7. The van der Waals surface area contributed by atoms with E-state index in [1.54, 1.807) is 18.5 Å². The van der Waals surface area contributed by atoms with Crippen molar-refractivity contribution >= 4 is 28.3 Å². The van der Waals surface area contributed by atoms with Gasteiger partial charge >= 0.3 is 0 Å². The maximum atomic E-state index is 12.5. The third-order valence-corrected chi connectivity index (χ3v) is 6.07. The molecule has 0 spiro atoms. The zero-order chi connectivity index (χ0) is 23.3. The Morgan fingerprint density at radius 3 is 2.68 bits per heavy atom. The molecule has 1 aliphatic heterocycles. The highest BCUT2D eigenvalue weighted by molar-refractivity contribution is 6.03. The molecule has 0 atom stereocenters. The van der Waals surface area contributed by atoms with Gasteiger partial charge in [0.15, 0.2) is 0 Å². The number of aromatic nitrogens is 3. The van der Waals surface area contributed by atoms with Gasteiger partial charge in [-0.05, 0) is 43.9 Å². The molecule has 1 aliphatic carbocycles. The molecular formula is C25H24N6O3. The van der Waals surface area contributed by atoms with Crippen LogP contribution in [0.15, 0.2) is 47.8 Å². The number of carbonyl (C=O) groups is 1. The van der Waals surface area contributed by atoms with Gasteiger partial charge in [0, 0.05) is 49.1 Å². The van der Waals surface area contributed by atoms with Crippen molar-refractivity contribution in [2.75, 3.05) is 31.2 Å². The van der Waals surface area contributed by atoms with E-state index in [9.17, 15) is 4.79 Å². The Morgan fingerprint density at radius 2 is 1.88 bits per heavy atom. The predicted molar refractivity (Wildman–Crippen MR) is 126 cm³/mol. The van der Waals surface area contributed by atoms with E-state index < -0.39 is 5.91 Å². The van der Waals surface area contributed by atoms with Crippen molar-refractivity contribution in [3.63, 3.8) is 0 Å². The summed E-state index contributed by atoms with van der Waals surface area (Å²) in [6, 6.07) is 9.14. The minimum absolute atomic E-state index is 0.000704. The molecule has 2 fully saturated rings. The highest BCUT2D eigenvalue weighted by Crippen LogP contribution is 2.32. The van der Waals surface area contributed by atoms with Gasteiger partial charge in [0.25, 0.3) is 5.91 Å². The quantitative estimate of drug-likeness (QED) is 0.587. The van der Waals surface area contributed by atoms with Crippen molar-refractivity contribution in [1.82, 2.24) is 15.0 Å². The number of amides is 1. The Kier molecular flexibility index (Phi) is 6.40. The number of morpholine rings is 1. The fourth-order valence-electron chi connectivity index (χ4n) is 4.27. The minimum Gasteiger partial charge on any atom is -0.488 e. The molecule has 0 bridgehead atoms. The van der Waals surface area contributed by atoms with E-state index in [0.29, 0.717) is 31.6 Å². The minimum atomic E-state index is -0.411. The summed E-state index contributed by atoms with van der Waals surface area (Å²) in [4.78, 5) is 32.0. The first-order valence-electron chi connectivity index (χ1n) is 11.4. The standard InChI is InChI=1S/C25H24N6O3/c26-16-17-5-6-27-22(13-17)25(32)30-18-1-3-20(4-2-18)34-23-15-19(31-9-11-33-12-10-31)14-21-24(23)29-8-7-28-21/h5-8,13-15,20H,1-4,9-12H2. The van der Waals surface area contributed by atoms with E-state index in [-0.39, 0.29) is 11.8 Å². The van der Waals surface area contributed by atoms with Gasteiger partial charge in [-0.1, -0.05) is 0 Å². The van der Waals surface area contributed by atoms with Gasteiger partial charge in [-0.15, -0.1) is 0 Å². The molecule has 3 heterocycles. The lowest BCUT2D eigenvalue weighted by Crippen LogP contribution is -2.36. The van der Waals surface area contributed by atoms with Gasteiger partial charge in [0.1, 0.15) is 17.0 Å². The number of anilines is 1. The van der Waals surface area contributed by atoms with Crippen molar-refractivity contribution in [2.24, 2.45) is 4.99 Å². The molecule has 34 heavy (non-hydrogen) atoms. The van der Waals surface area contributed by atoms with Crippen LogP contribution in [0.25, 0.3) is 11.0 Å². The van der Waals surface area contributed by atoms with Crippen molar-refractivity contribution in [2.45, 2.75) is 31.8 Å². The molecule has 1 amide bonds. The summed E-state index contributed by atoms with van der Waals surface area (Å²) in [5.41, 5.74) is 4.03. The van der Waals surface area contributed by atoms with Crippen molar-refractivity contribution in [3.8, 4) is 11.8 Å². The molecule has 3 aromatic rings. The summed E-state index contributed by atoms with van der Waals surface area (Å²) in [5, 5.41) is 9.02. The summed E-state index contributed by atoms with van der Waals surface area (Å²) in [5.74, 6) is 0.317. The van der Waals surface area contributed by atoms with Crippen LogP contribution in [0, 0.1) is 11.3 Å². The number of nitrogens with zero attached hydrogens (tertiary/aromatic N) is 6. The van der Waals surface area contributed by atoms with Crippen LogP contribution in [0.5, 0.6) is 5.75 Å². The van der Waals surface area contributed by atoms with E-state index in [2.05, 4.69) is 24.8 Å². The van der Waals surface area contributed by atoms with Crippen LogP contribution in [0.4, 0.5) is 5.69 Å². The Morgan fingerprint density at radius 1 is 1.09 bits per heavy atom. The number of benzene rings is 1. The molecule has 172 valence electrons. The number of pyridine rings is 1. The summed E-state index contributed by atoms with van der Waals surface area (Å²) < 4.78 is 11.9. The molecular weight excluding hydrogens is 432 g/mol. The lowest BCUT2D eigenvalue weighted by Gasteiger charge is -2.30. The lowest BCUT2D eigenvalue weighted by molar-refractivity contribution is 0.0996. The highest BCUT2D eigenvalue weighted by Gasteiger charge is 2.23. The van der Waals surface area contributed by atoms with E-state index in [4.69, 9.17) is 14.7 Å². The van der Waals surface area contributed by atoms with Gasteiger partial charge in [-0.2, -0.15) is 5.26 Å². The topological polar surface area (TPSA) is 114 Å². The highest BCUT2D eigenvalue weighted by atomic mass is 16.5. The van der Waals surface area contributed by atoms with Crippen molar-refractivity contribution < 1.29 is 14.3 Å². The number of hydrogen-bond donors (Lipinski definition) is 0.